The van der Waals surface area contributed by atoms with Gasteiger partial charge in [-0.25, -0.2) is 4.39 Å². The molecule has 2 rings (SSSR count). The second kappa shape index (κ2) is 8.80. The summed E-state index contributed by atoms with van der Waals surface area (Å²) >= 11 is 0. The van der Waals surface area contributed by atoms with Crippen LogP contribution in [0.1, 0.15) is 42.1 Å². The molecule has 0 saturated carbocycles. The molecule has 26 heavy (non-hydrogen) atoms. The number of nitrogens with zero attached hydrogens (tertiary/aromatic N) is 4. The number of aliphatic hydroxyl groups is 1. The maximum atomic E-state index is 13.5. The highest BCUT2D eigenvalue weighted by atomic mass is 19.1. The first-order valence-electron chi connectivity index (χ1n) is 8.68. The third-order valence-corrected chi connectivity index (χ3v) is 4.20. The fourth-order valence-electron chi connectivity index (χ4n) is 2.92. The summed E-state index contributed by atoms with van der Waals surface area (Å²) in [6.45, 7) is 5.13. The Morgan fingerprint density at radius 1 is 1.38 bits per heavy atom. The Labute approximate surface area is 154 Å². The molecule has 0 atom stereocenters. The summed E-state index contributed by atoms with van der Waals surface area (Å²) in [5.74, 6) is 0.694. The van der Waals surface area contributed by atoms with Gasteiger partial charge in [0.25, 0.3) is 0 Å². The van der Waals surface area contributed by atoms with E-state index in [1.807, 2.05) is 29.9 Å². The summed E-state index contributed by atoms with van der Waals surface area (Å²) in [6, 6.07) is 4.74. The summed E-state index contributed by atoms with van der Waals surface area (Å²) in [5, 5.41) is 17.0. The van der Waals surface area contributed by atoms with Crippen LogP contribution in [0.5, 0.6) is 0 Å². The molecular weight excluding hydrogens is 333 g/mol. The van der Waals surface area contributed by atoms with Crippen LogP contribution >= 0.6 is 0 Å². The van der Waals surface area contributed by atoms with E-state index in [2.05, 4.69) is 29.3 Å². The van der Waals surface area contributed by atoms with Crippen molar-refractivity contribution in [2.75, 3.05) is 14.1 Å². The van der Waals surface area contributed by atoms with Crippen molar-refractivity contribution in [2.45, 2.75) is 39.5 Å². The summed E-state index contributed by atoms with van der Waals surface area (Å²) in [7, 11) is 5.63. The minimum atomic E-state index is -0.393. The molecule has 6 nitrogen and oxygen atoms in total. The van der Waals surface area contributed by atoms with Crippen molar-refractivity contribution in [1.82, 2.24) is 20.0 Å². The minimum Gasteiger partial charge on any atom is -0.392 e. The molecule has 0 radical (unpaired) electrons. The Morgan fingerprint density at radius 2 is 2.12 bits per heavy atom. The number of guanidine groups is 1. The second-order valence-corrected chi connectivity index (χ2v) is 6.71. The van der Waals surface area contributed by atoms with E-state index in [0.717, 1.165) is 22.8 Å². The normalized spacial score (nSPS) is 11.9. The maximum Gasteiger partial charge on any atom is 0.193 e. The highest BCUT2D eigenvalue weighted by Gasteiger charge is 2.15. The van der Waals surface area contributed by atoms with Gasteiger partial charge in [0, 0.05) is 51.6 Å². The fraction of sp³-hybridized carbons (Fsp3) is 0.474. The molecule has 7 heteroatoms. The van der Waals surface area contributed by atoms with Crippen LogP contribution in [0.15, 0.2) is 29.4 Å². The van der Waals surface area contributed by atoms with Gasteiger partial charge in [-0.2, -0.15) is 5.10 Å². The smallest absolute Gasteiger partial charge is 0.193 e. The van der Waals surface area contributed by atoms with E-state index < -0.39 is 5.82 Å². The predicted molar refractivity (Wildman–Crippen MR) is 101 cm³/mol. The lowest BCUT2D eigenvalue weighted by atomic mass is 10.1. The second-order valence-electron chi connectivity index (χ2n) is 6.71. The average molecular weight is 361 g/mol. The molecule has 0 aliphatic carbocycles. The molecule has 0 spiro atoms. The third-order valence-electron chi connectivity index (χ3n) is 4.20. The van der Waals surface area contributed by atoms with Crippen molar-refractivity contribution in [3.63, 3.8) is 0 Å². The monoisotopic (exact) mass is 361 g/mol. The van der Waals surface area contributed by atoms with Crippen molar-refractivity contribution >= 4 is 5.96 Å². The zero-order chi connectivity index (χ0) is 19.3. The van der Waals surface area contributed by atoms with Gasteiger partial charge >= 0.3 is 0 Å². The van der Waals surface area contributed by atoms with Crippen LogP contribution in [0.3, 0.4) is 0 Å². The molecule has 0 unspecified atom stereocenters. The van der Waals surface area contributed by atoms with Crippen molar-refractivity contribution in [2.24, 2.45) is 12.0 Å². The van der Waals surface area contributed by atoms with Gasteiger partial charge in [-0.15, -0.1) is 0 Å². The van der Waals surface area contributed by atoms with Crippen molar-refractivity contribution in [3.05, 3.63) is 52.6 Å². The molecule has 2 aromatic rings. The van der Waals surface area contributed by atoms with Crippen molar-refractivity contribution in [1.29, 1.82) is 0 Å². The van der Waals surface area contributed by atoms with Gasteiger partial charge in [-0.3, -0.25) is 9.67 Å². The molecule has 0 fully saturated rings. The van der Waals surface area contributed by atoms with E-state index in [1.165, 1.54) is 6.07 Å². The van der Waals surface area contributed by atoms with Crippen LogP contribution in [0, 0.1) is 5.82 Å². The number of benzene rings is 1. The lowest BCUT2D eigenvalue weighted by Crippen LogP contribution is -2.38. The van der Waals surface area contributed by atoms with Crippen molar-refractivity contribution < 1.29 is 9.50 Å². The number of aryl methyl sites for hydroxylation is 1. The summed E-state index contributed by atoms with van der Waals surface area (Å²) in [6.07, 6.45) is 2.03. The van der Waals surface area contributed by atoms with Crippen LogP contribution in [0.4, 0.5) is 4.39 Å². The number of hydrogen-bond donors (Lipinski definition) is 2. The lowest BCUT2D eigenvalue weighted by Gasteiger charge is -2.22. The number of aliphatic imine (C=N–C) groups is 1. The first-order chi connectivity index (χ1) is 12.3. The molecule has 0 aliphatic rings. The Morgan fingerprint density at radius 3 is 2.73 bits per heavy atom. The van der Waals surface area contributed by atoms with E-state index in [-0.39, 0.29) is 6.61 Å². The Balaban J connectivity index is 2.04. The van der Waals surface area contributed by atoms with Gasteiger partial charge < -0.3 is 15.3 Å². The van der Waals surface area contributed by atoms with Crippen LogP contribution in [-0.2, 0) is 26.7 Å². The topological polar surface area (TPSA) is 65.7 Å². The molecule has 0 amide bonds. The van der Waals surface area contributed by atoms with Gasteiger partial charge in [0.15, 0.2) is 5.96 Å². The SMILES string of the molecule is CN=C(NCc1ccc(F)c(CO)c1)N(C)Cc1cn(C)nc1C(C)C. The zero-order valence-electron chi connectivity index (χ0n) is 16.1. The van der Waals surface area contributed by atoms with E-state index in [1.54, 1.807) is 19.2 Å². The van der Waals surface area contributed by atoms with Gasteiger partial charge in [-0.05, 0) is 23.6 Å². The summed E-state index contributed by atoms with van der Waals surface area (Å²) in [5.41, 5.74) is 3.43. The summed E-state index contributed by atoms with van der Waals surface area (Å²) < 4.78 is 15.3. The molecule has 1 aromatic heterocycles. The fourth-order valence-corrected chi connectivity index (χ4v) is 2.92. The molecule has 1 heterocycles. The molecule has 1 aromatic carbocycles. The quantitative estimate of drug-likeness (QED) is 0.612. The van der Waals surface area contributed by atoms with E-state index >= 15 is 0 Å². The van der Waals surface area contributed by atoms with Gasteiger partial charge in [0.2, 0.25) is 0 Å². The van der Waals surface area contributed by atoms with E-state index in [9.17, 15) is 9.50 Å². The predicted octanol–water partition coefficient (Wildman–Crippen LogP) is 2.38. The largest absolute Gasteiger partial charge is 0.392 e. The molecule has 0 aliphatic heterocycles. The summed E-state index contributed by atoms with van der Waals surface area (Å²) in [4.78, 5) is 6.35. The van der Waals surface area contributed by atoms with Crippen LogP contribution in [0.2, 0.25) is 0 Å². The van der Waals surface area contributed by atoms with Gasteiger partial charge in [-0.1, -0.05) is 19.9 Å². The van der Waals surface area contributed by atoms with E-state index in [0.29, 0.717) is 24.6 Å². The molecular formula is C19H28FN5O. The molecule has 0 bridgehead atoms. The Bertz CT molecular complexity index is 769. The van der Waals surface area contributed by atoms with E-state index in [4.69, 9.17) is 0 Å². The number of hydrogen-bond acceptors (Lipinski definition) is 3. The molecule has 0 saturated heterocycles. The number of aromatic nitrogens is 2. The Kier molecular flexibility index (Phi) is 6.74. The standard InChI is InChI=1S/C19H28FN5O/c1-13(2)18-16(11-25(5)23-18)10-24(4)19(21-3)22-9-14-6-7-17(20)15(8-14)12-26/h6-8,11,13,26H,9-10,12H2,1-5H3,(H,21,22). The first kappa shape index (κ1) is 19.9. The zero-order valence-corrected chi connectivity index (χ0v) is 16.1. The number of halogens is 1. The van der Waals surface area contributed by atoms with Gasteiger partial charge in [0.1, 0.15) is 5.82 Å². The minimum absolute atomic E-state index is 0.296. The highest BCUT2D eigenvalue weighted by Crippen LogP contribution is 2.18. The van der Waals surface area contributed by atoms with Gasteiger partial charge in [0.05, 0.1) is 12.3 Å². The van der Waals surface area contributed by atoms with Crippen LogP contribution in [0.25, 0.3) is 0 Å². The van der Waals surface area contributed by atoms with Crippen LogP contribution in [-0.4, -0.2) is 39.8 Å². The number of aliphatic hydroxyl groups excluding tert-OH is 1. The third kappa shape index (κ3) is 4.82. The van der Waals surface area contributed by atoms with Crippen molar-refractivity contribution in [3.8, 4) is 0 Å². The number of rotatable bonds is 6. The van der Waals surface area contributed by atoms with Crippen LogP contribution < -0.4 is 5.32 Å². The highest BCUT2D eigenvalue weighted by molar-refractivity contribution is 5.79. The maximum absolute atomic E-state index is 13.5. The first-order valence-corrected chi connectivity index (χ1v) is 8.68. The molecule has 142 valence electrons. The average Bonchev–Trinajstić information content (AvgIpc) is 2.97. The molecule has 2 N–H and O–H groups in total. The number of nitrogens with one attached hydrogen (secondary N) is 1. The Hall–Kier alpha value is -2.41. The lowest BCUT2D eigenvalue weighted by molar-refractivity contribution is 0.275.